The number of Topliss-reactive ketones (excluding diaryl/α,β-unsaturated/α-hetero) is 1. The first-order chi connectivity index (χ1) is 10.6. The molecule has 0 aromatic heterocycles. The Labute approximate surface area is 128 Å². The lowest BCUT2D eigenvalue weighted by molar-refractivity contribution is -0.148. The van der Waals surface area contributed by atoms with Gasteiger partial charge in [-0.05, 0) is 18.4 Å². The monoisotopic (exact) mass is 303 g/mol. The second-order valence-electron chi connectivity index (χ2n) is 5.53. The largest absolute Gasteiger partial charge is 0.467 e. The zero-order chi connectivity index (χ0) is 15.7. The van der Waals surface area contributed by atoms with Crippen molar-refractivity contribution < 1.29 is 23.9 Å². The number of methoxy groups -OCH3 is 1. The van der Waals surface area contributed by atoms with Crippen LogP contribution in [0.3, 0.4) is 0 Å². The van der Waals surface area contributed by atoms with E-state index in [1.165, 1.54) is 12.0 Å². The van der Waals surface area contributed by atoms with E-state index in [4.69, 9.17) is 4.74 Å². The first-order valence-electron chi connectivity index (χ1n) is 7.24. The third-order valence-electron chi connectivity index (χ3n) is 4.35. The van der Waals surface area contributed by atoms with Gasteiger partial charge in [0.2, 0.25) is 0 Å². The van der Waals surface area contributed by atoms with Crippen molar-refractivity contribution in [1.29, 1.82) is 0 Å². The molecule has 1 aliphatic carbocycles. The molecule has 0 bridgehead atoms. The molecule has 1 amide bonds. The Morgan fingerprint density at radius 1 is 1.23 bits per heavy atom. The van der Waals surface area contributed by atoms with Gasteiger partial charge in [-0.1, -0.05) is 30.3 Å². The zero-order valence-electron chi connectivity index (χ0n) is 12.2. The molecular formula is C16H17NO5. The molecule has 6 nitrogen and oxygen atoms in total. The molecule has 116 valence electrons. The predicted octanol–water partition coefficient (Wildman–Crippen LogP) is 1.53. The molecule has 1 saturated carbocycles. The number of ether oxygens (including phenoxy) is 2. The third-order valence-corrected chi connectivity index (χ3v) is 4.35. The van der Waals surface area contributed by atoms with Gasteiger partial charge >= 0.3 is 12.1 Å². The molecule has 0 spiro atoms. The molecule has 1 aromatic carbocycles. The average Bonchev–Trinajstić information content (AvgIpc) is 2.70. The van der Waals surface area contributed by atoms with Gasteiger partial charge in [-0.3, -0.25) is 9.69 Å². The van der Waals surface area contributed by atoms with E-state index in [0.717, 1.165) is 5.56 Å². The van der Waals surface area contributed by atoms with Gasteiger partial charge in [0, 0.05) is 12.0 Å². The van der Waals surface area contributed by atoms with Gasteiger partial charge < -0.3 is 9.47 Å². The van der Waals surface area contributed by atoms with Crippen molar-refractivity contribution >= 4 is 17.8 Å². The van der Waals surface area contributed by atoms with Crippen LogP contribution in [-0.2, 0) is 25.7 Å². The molecule has 1 heterocycles. The summed E-state index contributed by atoms with van der Waals surface area (Å²) in [5.74, 6) is -1.19. The number of likely N-dealkylation sites (tertiary alicyclic amines) is 1. The minimum atomic E-state index is -1.16. The normalized spacial score (nSPS) is 26.1. The molecule has 1 aliphatic heterocycles. The minimum absolute atomic E-state index is 0.107. The molecule has 6 heteroatoms. The Kier molecular flexibility index (Phi) is 3.83. The van der Waals surface area contributed by atoms with Crippen LogP contribution in [0.1, 0.15) is 18.4 Å². The van der Waals surface area contributed by atoms with E-state index in [1.807, 2.05) is 30.3 Å². The van der Waals surface area contributed by atoms with Crippen LogP contribution in [0, 0.1) is 5.92 Å². The number of nitrogens with zero attached hydrogens (tertiary/aromatic N) is 1. The van der Waals surface area contributed by atoms with E-state index in [2.05, 4.69) is 4.74 Å². The Morgan fingerprint density at radius 3 is 2.55 bits per heavy atom. The molecular weight excluding hydrogens is 286 g/mol. The van der Waals surface area contributed by atoms with Crippen molar-refractivity contribution in [1.82, 2.24) is 4.90 Å². The van der Waals surface area contributed by atoms with Crippen LogP contribution in [0.15, 0.2) is 30.3 Å². The van der Waals surface area contributed by atoms with Gasteiger partial charge in [0.1, 0.15) is 6.61 Å². The number of rotatable bonds is 3. The quantitative estimate of drug-likeness (QED) is 0.625. The second-order valence-corrected chi connectivity index (χ2v) is 5.53. The zero-order valence-corrected chi connectivity index (χ0v) is 12.2. The van der Waals surface area contributed by atoms with Crippen molar-refractivity contribution in [2.45, 2.75) is 31.5 Å². The smallest absolute Gasteiger partial charge is 0.411 e. The van der Waals surface area contributed by atoms with Crippen LogP contribution < -0.4 is 0 Å². The molecule has 1 unspecified atom stereocenters. The minimum Gasteiger partial charge on any atom is -0.467 e. The molecule has 1 saturated heterocycles. The van der Waals surface area contributed by atoms with Crippen LogP contribution in [0.5, 0.6) is 0 Å². The summed E-state index contributed by atoms with van der Waals surface area (Å²) in [7, 11) is 1.21. The number of hydrogen-bond donors (Lipinski definition) is 0. The lowest BCUT2D eigenvalue weighted by Crippen LogP contribution is -2.48. The SMILES string of the molecule is COC(=O)C1C(=O)[C@H]2CC[C@H]2N1C(=O)OCc1ccccc1. The first-order valence-corrected chi connectivity index (χ1v) is 7.24. The Balaban J connectivity index is 1.72. The van der Waals surface area contributed by atoms with E-state index < -0.39 is 18.1 Å². The summed E-state index contributed by atoms with van der Waals surface area (Å²) in [6, 6.07) is 7.85. The number of ketones is 1. The van der Waals surface area contributed by atoms with E-state index in [1.54, 1.807) is 0 Å². The maximum Gasteiger partial charge on any atom is 0.411 e. The van der Waals surface area contributed by atoms with E-state index in [9.17, 15) is 14.4 Å². The molecule has 1 aromatic rings. The van der Waals surface area contributed by atoms with Crippen LogP contribution in [0.4, 0.5) is 4.79 Å². The number of carbonyl (C=O) groups excluding carboxylic acids is 3. The van der Waals surface area contributed by atoms with Gasteiger partial charge in [0.25, 0.3) is 0 Å². The fourth-order valence-corrected chi connectivity index (χ4v) is 3.05. The van der Waals surface area contributed by atoms with E-state index in [0.29, 0.717) is 12.8 Å². The highest BCUT2D eigenvalue weighted by molar-refractivity contribution is 6.09. The Morgan fingerprint density at radius 2 is 1.95 bits per heavy atom. The molecule has 0 N–H and O–H groups in total. The van der Waals surface area contributed by atoms with Crippen LogP contribution >= 0.6 is 0 Å². The van der Waals surface area contributed by atoms with E-state index >= 15 is 0 Å². The molecule has 22 heavy (non-hydrogen) atoms. The highest BCUT2D eigenvalue weighted by atomic mass is 16.6. The molecule has 2 fully saturated rings. The van der Waals surface area contributed by atoms with Crippen molar-refractivity contribution in [3.63, 3.8) is 0 Å². The fourth-order valence-electron chi connectivity index (χ4n) is 3.05. The summed E-state index contributed by atoms with van der Waals surface area (Å²) >= 11 is 0. The summed E-state index contributed by atoms with van der Waals surface area (Å²) in [5, 5.41) is 0. The standard InChI is InChI=1S/C16H17NO5/c1-21-15(19)13-14(18)11-7-8-12(11)17(13)16(20)22-9-10-5-3-2-4-6-10/h2-6,11-13H,7-9H2,1H3/t11-,12+,13?/m0/s1. The molecule has 2 aliphatic rings. The maximum absolute atomic E-state index is 12.3. The summed E-state index contributed by atoms with van der Waals surface area (Å²) in [4.78, 5) is 37.6. The molecule has 3 rings (SSSR count). The number of fused-ring (bicyclic) bond motifs is 1. The van der Waals surface area contributed by atoms with E-state index in [-0.39, 0.29) is 24.3 Å². The van der Waals surface area contributed by atoms with Crippen molar-refractivity contribution in [3.8, 4) is 0 Å². The number of benzene rings is 1. The Bertz CT molecular complexity index is 600. The highest BCUT2D eigenvalue weighted by Crippen LogP contribution is 2.42. The predicted molar refractivity (Wildman–Crippen MR) is 75.8 cm³/mol. The van der Waals surface area contributed by atoms with Gasteiger partial charge in [0.05, 0.1) is 7.11 Å². The second kappa shape index (κ2) is 5.79. The van der Waals surface area contributed by atoms with Crippen LogP contribution in [-0.4, -0.2) is 41.9 Å². The maximum atomic E-state index is 12.3. The third kappa shape index (κ3) is 2.34. The Hall–Kier alpha value is -2.37. The topological polar surface area (TPSA) is 72.9 Å². The average molecular weight is 303 g/mol. The summed E-state index contributed by atoms with van der Waals surface area (Å²) in [5.41, 5.74) is 0.848. The summed E-state index contributed by atoms with van der Waals surface area (Å²) in [6.45, 7) is 0.107. The van der Waals surface area contributed by atoms with Gasteiger partial charge in [-0.25, -0.2) is 9.59 Å². The van der Waals surface area contributed by atoms with Crippen LogP contribution in [0.25, 0.3) is 0 Å². The fraction of sp³-hybridized carbons (Fsp3) is 0.438. The molecule has 3 atom stereocenters. The lowest BCUT2D eigenvalue weighted by Gasteiger charge is -2.34. The lowest BCUT2D eigenvalue weighted by atomic mass is 9.79. The molecule has 0 radical (unpaired) electrons. The van der Waals surface area contributed by atoms with Gasteiger partial charge in [-0.2, -0.15) is 0 Å². The van der Waals surface area contributed by atoms with Gasteiger partial charge in [0.15, 0.2) is 11.8 Å². The number of esters is 1. The first kappa shape index (κ1) is 14.6. The number of amides is 1. The highest BCUT2D eigenvalue weighted by Gasteiger charge is 2.58. The number of carbonyl (C=O) groups is 3. The van der Waals surface area contributed by atoms with Gasteiger partial charge in [-0.15, -0.1) is 0 Å². The number of hydrogen-bond acceptors (Lipinski definition) is 5. The van der Waals surface area contributed by atoms with Crippen molar-refractivity contribution in [2.24, 2.45) is 5.92 Å². The summed E-state index contributed by atoms with van der Waals surface area (Å²) in [6.07, 6.45) is 0.781. The van der Waals surface area contributed by atoms with Crippen LogP contribution in [0.2, 0.25) is 0 Å². The van der Waals surface area contributed by atoms with Crippen molar-refractivity contribution in [2.75, 3.05) is 7.11 Å². The van der Waals surface area contributed by atoms with Crippen molar-refractivity contribution in [3.05, 3.63) is 35.9 Å². The summed E-state index contributed by atoms with van der Waals surface area (Å²) < 4.78 is 9.93.